The molecule has 0 saturated carbocycles. The molecule has 1 rings (SSSR count). The molecule has 0 aliphatic carbocycles. The molecule has 0 aliphatic heterocycles. The lowest BCUT2D eigenvalue weighted by Crippen LogP contribution is -2.53. The standard InChI is InChI=1S/C21H26F2N2O7/c1-11(2)6-15(20(30)25-14(10-16(22)23)19(29)21(31)32)24-17(26)8-12-4-3-5-13(7-12)9-18(27)28/h3-5,7,11,14-16H,6,8-10H2,1-2H3,(H,24,26)(H,25,30)(H,27,28)(H,31,32). The first-order valence-corrected chi connectivity index (χ1v) is 9.83. The van der Waals surface area contributed by atoms with Crippen molar-refractivity contribution in [1.82, 2.24) is 10.6 Å². The molecule has 0 aliphatic rings. The fourth-order valence-corrected chi connectivity index (χ4v) is 2.99. The number of amides is 2. The Bertz CT molecular complexity index is 858. The summed E-state index contributed by atoms with van der Waals surface area (Å²) in [6.45, 7) is 3.50. The molecular formula is C21H26F2N2O7. The zero-order valence-corrected chi connectivity index (χ0v) is 17.6. The van der Waals surface area contributed by atoms with Crippen LogP contribution in [-0.2, 0) is 36.8 Å². The Labute approximate surface area is 183 Å². The minimum absolute atomic E-state index is 0.103. The lowest BCUT2D eigenvalue weighted by molar-refractivity contribution is -0.151. The third-order valence-electron chi connectivity index (χ3n) is 4.33. The van der Waals surface area contributed by atoms with E-state index in [0.717, 1.165) is 0 Å². The Morgan fingerprint density at radius 1 is 0.906 bits per heavy atom. The van der Waals surface area contributed by atoms with Crippen LogP contribution in [-0.4, -0.2) is 58.3 Å². The van der Waals surface area contributed by atoms with Crippen molar-refractivity contribution >= 4 is 29.5 Å². The van der Waals surface area contributed by atoms with Crippen LogP contribution in [0.4, 0.5) is 8.78 Å². The molecule has 2 atom stereocenters. The monoisotopic (exact) mass is 456 g/mol. The number of carboxylic acid groups (broad SMARTS) is 2. The number of Topliss-reactive ketones (excluding diaryl/α,β-unsaturated/α-hetero) is 1. The number of carbonyl (C=O) groups excluding carboxylic acids is 3. The Hall–Kier alpha value is -3.37. The van der Waals surface area contributed by atoms with Gasteiger partial charge in [-0.3, -0.25) is 19.2 Å². The molecule has 4 N–H and O–H groups in total. The first-order valence-electron chi connectivity index (χ1n) is 9.83. The van der Waals surface area contributed by atoms with E-state index in [4.69, 9.17) is 10.2 Å². The number of alkyl halides is 2. The van der Waals surface area contributed by atoms with Gasteiger partial charge in [0.1, 0.15) is 12.1 Å². The maximum absolute atomic E-state index is 12.7. The van der Waals surface area contributed by atoms with Gasteiger partial charge in [-0.2, -0.15) is 0 Å². The summed E-state index contributed by atoms with van der Waals surface area (Å²) >= 11 is 0. The van der Waals surface area contributed by atoms with Crippen LogP contribution in [0.3, 0.4) is 0 Å². The van der Waals surface area contributed by atoms with Crippen LogP contribution >= 0.6 is 0 Å². The second kappa shape index (κ2) is 12.5. The normalized spacial score (nSPS) is 12.8. The molecule has 176 valence electrons. The number of carbonyl (C=O) groups is 5. The van der Waals surface area contributed by atoms with Gasteiger partial charge in [-0.05, 0) is 23.5 Å². The van der Waals surface area contributed by atoms with Gasteiger partial charge in [0.05, 0.1) is 12.8 Å². The van der Waals surface area contributed by atoms with E-state index in [0.29, 0.717) is 11.1 Å². The van der Waals surface area contributed by atoms with Crippen LogP contribution in [0.1, 0.15) is 37.8 Å². The van der Waals surface area contributed by atoms with Gasteiger partial charge in [0.2, 0.25) is 18.2 Å². The average molecular weight is 456 g/mol. The lowest BCUT2D eigenvalue weighted by atomic mass is 10.0. The second-order valence-corrected chi connectivity index (χ2v) is 7.67. The second-order valence-electron chi connectivity index (χ2n) is 7.67. The number of hydrogen-bond donors (Lipinski definition) is 4. The van der Waals surface area contributed by atoms with Crippen LogP contribution in [0.15, 0.2) is 24.3 Å². The number of halogens is 2. The highest BCUT2D eigenvalue weighted by atomic mass is 19.3. The first kappa shape index (κ1) is 26.7. The van der Waals surface area contributed by atoms with E-state index in [9.17, 15) is 32.8 Å². The van der Waals surface area contributed by atoms with Crippen molar-refractivity contribution in [2.24, 2.45) is 5.92 Å². The zero-order chi connectivity index (χ0) is 24.4. The summed E-state index contributed by atoms with van der Waals surface area (Å²) in [6.07, 6.45) is -4.49. The maximum atomic E-state index is 12.7. The van der Waals surface area contributed by atoms with E-state index in [1.165, 1.54) is 6.07 Å². The lowest BCUT2D eigenvalue weighted by Gasteiger charge is -2.23. The summed E-state index contributed by atoms with van der Waals surface area (Å²) in [4.78, 5) is 58.4. The molecule has 32 heavy (non-hydrogen) atoms. The highest BCUT2D eigenvalue weighted by Crippen LogP contribution is 2.11. The topological polar surface area (TPSA) is 150 Å². The van der Waals surface area contributed by atoms with Crippen molar-refractivity contribution < 1.29 is 43.0 Å². The van der Waals surface area contributed by atoms with Crippen LogP contribution in [0.2, 0.25) is 0 Å². The third kappa shape index (κ3) is 9.63. The minimum atomic E-state index is -3.03. The third-order valence-corrected chi connectivity index (χ3v) is 4.33. The van der Waals surface area contributed by atoms with Crippen LogP contribution in [0.25, 0.3) is 0 Å². The number of hydrogen-bond acceptors (Lipinski definition) is 5. The van der Waals surface area contributed by atoms with Crippen molar-refractivity contribution in [3.8, 4) is 0 Å². The maximum Gasteiger partial charge on any atom is 0.374 e. The summed E-state index contributed by atoms with van der Waals surface area (Å²) in [6, 6.07) is 3.20. The fourth-order valence-electron chi connectivity index (χ4n) is 2.99. The van der Waals surface area contributed by atoms with E-state index in [2.05, 4.69) is 5.32 Å². The molecule has 0 heterocycles. The largest absolute Gasteiger partial charge is 0.481 e. The molecule has 2 amide bonds. The van der Waals surface area contributed by atoms with E-state index in [1.54, 1.807) is 32.0 Å². The molecule has 0 fully saturated rings. The van der Waals surface area contributed by atoms with Gasteiger partial charge in [0, 0.05) is 6.42 Å². The van der Waals surface area contributed by atoms with Gasteiger partial charge in [0.25, 0.3) is 5.78 Å². The SMILES string of the molecule is CC(C)CC(NC(=O)Cc1cccc(CC(=O)O)c1)C(=O)NC(CC(F)F)C(=O)C(=O)O. The Kier molecular flexibility index (Phi) is 10.4. The Morgan fingerprint density at radius 3 is 2.00 bits per heavy atom. The predicted octanol–water partition coefficient (Wildman–Crippen LogP) is 1.18. The summed E-state index contributed by atoms with van der Waals surface area (Å²) in [7, 11) is 0. The summed E-state index contributed by atoms with van der Waals surface area (Å²) in [5.41, 5.74) is 0.989. The van der Waals surface area contributed by atoms with E-state index in [1.807, 2.05) is 5.32 Å². The zero-order valence-electron chi connectivity index (χ0n) is 17.6. The van der Waals surface area contributed by atoms with Crippen molar-refractivity contribution in [3.05, 3.63) is 35.4 Å². The number of aliphatic carboxylic acids is 2. The summed E-state index contributed by atoms with van der Waals surface area (Å²) in [5.74, 6) is -6.21. The Balaban J connectivity index is 2.91. The van der Waals surface area contributed by atoms with Gasteiger partial charge in [-0.15, -0.1) is 0 Å². The highest BCUT2D eigenvalue weighted by Gasteiger charge is 2.32. The van der Waals surface area contributed by atoms with Gasteiger partial charge < -0.3 is 20.8 Å². The molecular weight excluding hydrogens is 430 g/mol. The molecule has 9 nitrogen and oxygen atoms in total. The Morgan fingerprint density at radius 2 is 1.50 bits per heavy atom. The molecule has 0 spiro atoms. The smallest absolute Gasteiger partial charge is 0.374 e. The summed E-state index contributed by atoms with van der Waals surface area (Å²) < 4.78 is 25.5. The minimum Gasteiger partial charge on any atom is -0.481 e. The van der Waals surface area contributed by atoms with Crippen LogP contribution in [0.5, 0.6) is 0 Å². The van der Waals surface area contributed by atoms with E-state index < -0.39 is 54.5 Å². The van der Waals surface area contributed by atoms with E-state index >= 15 is 0 Å². The number of nitrogens with one attached hydrogen (secondary N) is 2. The molecule has 0 aromatic heterocycles. The van der Waals surface area contributed by atoms with Gasteiger partial charge in [-0.25, -0.2) is 13.6 Å². The average Bonchev–Trinajstić information content (AvgIpc) is 2.65. The molecule has 11 heteroatoms. The van der Waals surface area contributed by atoms with Crippen LogP contribution in [0, 0.1) is 5.92 Å². The number of ketones is 1. The number of rotatable bonds is 13. The molecule has 1 aromatic rings. The molecule has 0 saturated heterocycles. The van der Waals surface area contributed by atoms with Crippen molar-refractivity contribution in [2.45, 2.75) is 58.0 Å². The predicted molar refractivity (Wildman–Crippen MR) is 108 cm³/mol. The van der Waals surface area contributed by atoms with Gasteiger partial charge in [-0.1, -0.05) is 38.1 Å². The van der Waals surface area contributed by atoms with E-state index in [-0.39, 0.29) is 25.2 Å². The number of benzene rings is 1. The molecule has 0 bridgehead atoms. The highest BCUT2D eigenvalue weighted by molar-refractivity contribution is 6.35. The number of carboxylic acids is 2. The quantitative estimate of drug-likeness (QED) is 0.326. The van der Waals surface area contributed by atoms with Gasteiger partial charge >= 0.3 is 11.9 Å². The molecule has 0 radical (unpaired) electrons. The van der Waals surface area contributed by atoms with Crippen molar-refractivity contribution in [3.63, 3.8) is 0 Å². The first-order chi connectivity index (χ1) is 14.9. The van der Waals surface area contributed by atoms with Crippen molar-refractivity contribution in [1.29, 1.82) is 0 Å². The fraction of sp³-hybridized carbons (Fsp3) is 0.476. The van der Waals surface area contributed by atoms with Crippen LogP contribution < -0.4 is 10.6 Å². The molecule has 1 aromatic carbocycles. The van der Waals surface area contributed by atoms with Crippen molar-refractivity contribution in [2.75, 3.05) is 0 Å². The molecule has 2 unspecified atom stereocenters. The van der Waals surface area contributed by atoms with Gasteiger partial charge in [0.15, 0.2) is 0 Å². The summed E-state index contributed by atoms with van der Waals surface area (Å²) in [5, 5.41) is 22.1.